The molecule has 0 amide bonds. The largest absolute Gasteiger partial charge is 0.460 e. The van der Waals surface area contributed by atoms with Crippen LogP contribution in [0, 0.1) is 31.6 Å². The highest BCUT2D eigenvalue weighted by molar-refractivity contribution is 8.00. The standard InChI is InChI=1S/C52H57NO6S/c1-4-28-56-52-49(60-43-24-21-38-16-8-9-17-39(38)30-43)33-47(53-57-34-37-14-6-5-7-15-37)45-31-40(18-10-12-26-54)44(19-11-13-27-55)50(51(45)52)46-32-42(23-25-48(46)59-52)58-41-22-20-35(2)36(3)29-41/h4-9,14-17,20-25,29-32,40,44,49-51,54-55H,1,10-13,18-19,26-28,33-34H2,2-3H3/t40-,44+,49-,50+,51+,52+/m0/s1. The molecule has 0 bridgehead atoms. The van der Waals surface area contributed by atoms with Crippen LogP contribution in [0.2, 0.25) is 0 Å². The molecule has 5 aromatic carbocycles. The minimum absolute atomic E-state index is 0.0426. The highest BCUT2D eigenvalue weighted by Gasteiger charge is 2.64. The van der Waals surface area contributed by atoms with E-state index in [2.05, 4.69) is 105 Å². The second-order valence-corrected chi connectivity index (χ2v) is 17.8. The number of ether oxygens (including phenoxy) is 3. The summed E-state index contributed by atoms with van der Waals surface area (Å²) >= 11 is 1.78. The number of allylic oxidation sites excluding steroid dienone is 1. The molecule has 2 N–H and O–H groups in total. The van der Waals surface area contributed by atoms with E-state index in [4.69, 9.17) is 24.2 Å². The van der Waals surface area contributed by atoms with E-state index < -0.39 is 5.79 Å². The lowest BCUT2D eigenvalue weighted by Gasteiger charge is -2.58. The van der Waals surface area contributed by atoms with Gasteiger partial charge in [0.15, 0.2) is 0 Å². The Kier molecular flexibility index (Phi) is 13.4. The topological polar surface area (TPSA) is 89.7 Å². The van der Waals surface area contributed by atoms with Crippen LogP contribution in [0.4, 0.5) is 0 Å². The number of unbranched alkanes of at least 4 members (excludes halogenated alkanes) is 2. The summed E-state index contributed by atoms with van der Waals surface area (Å²) in [5.74, 6) is 1.32. The Morgan fingerprint density at radius 3 is 2.35 bits per heavy atom. The summed E-state index contributed by atoms with van der Waals surface area (Å²) in [5.41, 5.74) is 6.55. The maximum atomic E-state index is 10.0. The van der Waals surface area contributed by atoms with E-state index in [-0.39, 0.29) is 42.1 Å². The quantitative estimate of drug-likeness (QED) is 0.0517. The monoisotopic (exact) mass is 823 g/mol. The molecule has 0 radical (unpaired) electrons. The normalized spacial score (nSPS) is 23.6. The van der Waals surface area contributed by atoms with E-state index in [1.54, 1.807) is 11.8 Å². The summed E-state index contributed by atoms with van der Waals surface area (Å²) in [6.45, 7) is 9.28. The summed E-state index contributed by atoms with van der Waals surface area (Å²) in [7, 11) is 0. The number of benzene rings is 5. The average molecular weight is 824 g/mol. The van der Waals surface area contributed by atoms with Gasteiger partial charge in [-0.3, -0.25) is 0 Å². The first kappa shape index (κ1) is 41.9. The van der Waals surface area contributed by atoms with Crippen LogP contribution in [-0.4, -0.2) is 46.8 Å². The van der Waals surface area contributed by atoms with Crippen molar-refractivity contribution in [1.82, 2.24) is 0 Å². The molecular weight excluding hydrogens is 767 g/mol. The van der Waals surface area contributed by atoms with Gasteiger partial charge in [0.2, 0.25) is 5.79 Å². The van der Waals surface area contributed by atoms with Gasteiger partial charge in [-0.15, -0.1) is 18.3 Å². The summed E-state index contributed by atoms with van der Waals surface area (Å²) in [6.07, 6.45) is 9.89. The second-order valence-electron chi connectivity index (χ2n) is 16.5. The van der Waals surface area contributed by atoms with Gasteiger partial charge in [-0.1, -0.05) is 96.9 Å². The van der Waals surface area contributed by atoms with E-state index in [9.17, 15) is 10.2 Å². The van der Waals surface area contributed by atoms with Gasteiger partial charge < -0.3 is 29.3 Å². The highest BCUT2D eigenvalue weighted by Crippen LogP contribution is 2.63. The fourth-order valence-electron chi connectivity index (χ4n) is 9.57. The number of nitrogens with zero attached hydrogens (tertiary/aromatic N) is 1. The van der Waals surface area contributed by atoms with Gasteiger partial charge >= 0.3 is 0 Å². The predicted octanol–water partition coefficient (Wildman–Crippen LogP) is 11.9. The lowest BCUT2D eigenvalue weighted by molar-refractivity contribution is -0.223. The molecule has 0 spiro atoms. The molecule has 8 heteroatoms. The number of hydrogen-bond donors (Lipinski definition) is 2. The molecule has 60 heavy (non-hydrogen) atoms. The zero-order chi connectivity index (χ0) is 41.5. The first-order valence-electron chi connectivity index (χ1n) is 21.6. The summed E-state index contributed by atoms with van der Waals surface area (Å²) in [5, 5.41) is 27.1. The van der Waals surface area contributed by atoms with E-state index in [1.807, 2.05) is 36.4 Å². The maximum Gasteiger partial charge on any atom is 0.231 e. The first-order chi connectivity index (χ1) is 29.4. The first-order valence-corrected chi connectivity index (χ1v) is 22.4. The van der Waals surface area contributed by atoms with Crippen LogP contribution in [0.5, 0.6) is 17.2 Å². The van der Waals surface area contributed by atoms with Crippen molar-refractivity contribution in [3.8, 4) is 17.2 Å². The summed E-state index contributed by atoms with van der Waals surface area (Å²) in [6, 6.07) is 37.7. The highest BCUT2D eigenvalue weighted by atomic mass is 32.2. The van der Waals surface area contributed by atoms with Gasteiger partial charge in [-0.25, -0.2) is 0 Å². The molecule has 0 saturated heterocycles. The number of aryl methyl sites for hydroxylation is 2. The third-order valence-electron chi connectivity index (χ3n) is 12.6. The maximum absolute atomic E-state index is 10.0. The Morgan fingerprint density at radius 1 is 0.817 bits per heavy atom. The third kappa shape index (κ3) is 8.94. The van der Waals surface area contributed by atoms with Crippen molar-refractivity contribution in [1.29, 1.82) is 0 Å². The van der Waals surface area contributed by atoms with Gasteiger partial charge in [0.25, 0.3) is 0 Å². The van der Waals surface area contributed by atoms with Gasteiger partial charge in [0, 0.05) is 36.0 Å². The van der Waals surface area contributed by atoms with E-state index in [1.165, 1.54) is 21.9 Å². The van der Waals surface area contributed by atoms with Crippen LogP contribution >= 0.6 is 11.8 Å². The Bertz CT molecular complexity index is 2320. The number of aliphatic hydroxyl groups is 2. The molecule has 312 valence electrons. The lowest BCUT2D eigenvalue weighted by atomic mass is 9.56. The zero-order valence-corrected chi connectivity index (χ0v) is 35.6. The molecule has 1 fully saturated rings. The van der Waals surface area contributed by atoms with Crippen LogP contribution in [0.25, 0.3) is 10.8 Å². The van der Waals surface area contributed by atoms with Gasteiger partial charge in [0.05, 0.1) is 23.5 Å². The van der Waals surface area contributed by atoms with Crippen molar-refractivity contribution in [3.63, 3.8) is 0 Å². The summed E-state index contributed by atoms with van der Waals surface area (Å²) < 4.78 is 21.2. The zero-order valence-electron chi connectivity index (χ0n) is 34.8. The van der Waals surface area contributed by atoms with Crippen LogP contribution < -0.4 is 9.47 Å². The fourth-order valence-corrected chi connectivity index (χ4v) is 10.9. The predicted molar refractivity (Wildman–Crippen MR) is 242 cm³/mol. The average Bonchev–Trinajstić information content (AvgIpc) is 3.26. The number of oxime groups is 1. The van der Waals surface area contributed by atoms with E-state index >= 15 is 0 Å². The molecule has 2 aliphatic carbocycles. The number of rotatable bonds is 18. The Morgan fingerprint density at radius 2 is 1.57 bits per heavy atom. The van der Waals surface area contributed by atoms with Gasteiger partial charge in [-0.2, -0.15) is 0 Å². The molecule has 0 aromatic heterocycles. The van der Waals surface area contributed by atoms with Gasteiger partial charge in [0.1, 0.15) is 23.9 Å². The molecular formula is C52H57NO6S. The Hall–Kier alpha value is -4.86. The minimum atomic E-state index is -1.09. The molecule has 7 nitrogen and oxygen atoms in total. The Labute approximate surface area is 359 Å². The molecule has 1 saturated carbocycles. The van der Waals surface area contributed by atoms with E-state index in [0.717, 1.165) is 83.1 Å². The smallest absolute Gasteiger partial charge is 0.231 e. The SMILES string of the molecule is C=CCO[C@@]12Oc3ccc(Oc4ccc(C)c(C)c4)cc3[C@H]3[C@H](CCCCO)[C@@H](CCCCO)C=C(C(=NOCc4ccccc4)C[C@@H]1Sc1ccc4ccccc4c1)[C@H]32. The molecule has 6 atom stereocenters. The van der Waals surface area contributed by atoms with Crippen LogP contribution in [0.1, 0.15) is 73.1 Å². The second kappa shape index (κ2) is 19.2. The summed E-state index contributed by atoms with van der Waals surface area (Å²) in [4.78, 5) is 7.40. The van der Waals surface area contributed by atoms with Crippen LogP contribution in [0.3, 0.4) is 0 Å². The molecule has 8 rings (SSSR count). The van der Waals surface area contributed by atoms with Gasteiger partial charge in [-0.05, 0) is 127 Å². The number of aliphatic hydroxyl groups excluding tert-OH is 2. The third-order valence-corrected chi connectivity index (χ3v) is 13.9. The molecule has 0 unspecified atom stereocenters. The van der Waals surface area contributed by atoms with Crippen molar-refractivity contribution in [2.45, 2.75) is 87.3 Å². The molecule has 5 aromatic rings. The number of fused-ring (bicyclic) bond motifs is 3. The van der Waals surface area contributed by atoms with Crippen molar-refractivity contribution in [2.75, 3.05) is 19.8 Å². The molecule has 1 aliphatic heterocycles. The van der Waals surface area contributed by atoms with Crippen LogP contribution in [0.15, 0.2) is 144 Å². The van der Waals surface area contributed by atoms with Crippen molar-refractivity contribution in [3.05, 3.63) is 156 Å². The minimum Gasteiger partial charge on any atom is -0.460 e. The van der Waals surface area contributed by atoms with E-state index in [0.29, 0.717) is 19.6 Å². The fraction of sp³-hybridized carbons (Fsp3) is 0.365. The number of hydrogen-bond acceptors (Lipinski definition) is 8. The Balaban J connectivity index is 1.30. The molecule has 1 heterocycles. The van der Waals surface area contributed by atoms with Crippen molar-refractivity contribution >= 4 is 28.2 Å². The number of thioether (sulfide) groups is 1. The molecule has 3 aliphatic rings. The van der Waals surface area contributed by atoms with Crippen molar-refractivity contribution in [2.24, 2.45) is 22.9 Å². The van der Waals surface area contributed by atoms with Crippen molar-refractivity contribution < 1.29 is 29.3 Å². The lowest BCUT2D eigenvalue weighted by Crippen LogP contribution is -2.64. The van der Waals surface area contributed by atoms with Crippen LogP contribution in [-0.2, 0) is 16.2 Å².